The van der Waals surface area contributed by atoms with Crippen molar-refractivity contribution in [3.05, 3.63) is 26.9 Å². The first-order chi connectivity index (χ1) is 8.04. The summed E-state index contributed by atoms with van der Waals surface area (Å²) >= 11 is 3.11. The van der Waals surface area contributed by atoms with Gasteiger partial charge in [-0.3, -0.25) is 14.9 Å². The molecule has 0 bridgehead atoms. The zero-order valence-corrected chi connectivity index (χ0v) is 10.7. The molecule has 0 aromatic carbocycles. The van der Waals surface area contributed by atoms with E-state index in [2.05, 4.69) is 31.5 Å². The predicted molar refractivity (Wildman–Crippen MR) is 65.8 cm³/mol. The van der Waals surface area contributed by atoms with Crippen molar-refractivity contribution in [1.29, 1.82) is 0 Å². The third-order valence-corrected chi connectivity index (χ3v) is 2.39. The summed E-state index contributed by atoms with van der Waals surface area (Å²) < 4.78 is 0.529. The van der Waals surface area contributed by atoms with Gasteiger partial charge in [0.1, 0.15) is 0 Å². The maximum Gasteiger partial charge on any atom is 0.312 e. The van der Waals surface area contributed by atoms with Gasteiger partial charge in [0.15, 0.2) is 0 Å². The molecule has 92 valence electrons. The summed E-state index contributed by atoms with van der Waals surface area (Å²) in [5.74, 6) is 0.0133. The van der Waals surface area contributed by atoms with Gasteiger partial charge < -0.3 is 10.6 Å². The number of rotatable bonds is 5. The molecule has 2 N–H and O–H groups in total. The van der Waals surface area contributed by atoms with E-state index in [0.717, 1.165) is 0 Å². The highest BCUT2D eigenvalue weighted by Crippen LogP contribution is 2.24. The van der Waals surface area contributed by atoms with E-state index in [0.29, 0.717) is 4.47 Å². The molecular formula is C9H11BrN4O3. The van der Waals surface area contributed by atoms with E-state index in [9.17, 15) is 14.9 Å². The maximum atomic E-state index is 11.0. The molecule has 0 saturated carbocycles. The number of nitro groups is 1. The van der Waals surface area contributed by atoms with Crippen LogP contribution in [-0.4, -0.2) is 29.4 Å². The molecule has 0 fully saturated rings. The van der Waals surface area contributed by atoms with Crippen LogP contribution in [-0.2, 0) is 4.79 Å². The van der Waals surface area contributed by atoms with Crippen LogP contribution in [0.2, 0.25) is 0 Å². The highest BCUT2D eigenvalue weighted by Gasteiger charge is 2.15. The summed E-state index contributed by atoms with van der Waals surface area (Å²) in [4.78, 5) is 25.1. The van der Waals surface area contributed by atoms with Crippen molar-refractivity contribution < 1.29 is 9.72 Å². The van der Waals surface area contributed by atoms with E-state index in [1.54, 1.807) is 0 Å². The van der Waals surface area contributed by atoms with Crippen LogP contribution >= 0.6 is 15.9 Å². The summed E-state index contributed by atoms with van der Waals surface area (Å²) in [7, 11) is 1.53. The number of carbonyl (C=O) groups is 1. The molecule has 17 heavy (non-hydrogen) atoms. The van der Waals surface area contributed by atoms with Crippen molar-refractivity contribution in [2.45, 2.75) is 6.42 Å². The Balaban J connectivity index is 2.70. The highest BCUT2D eigenvalue weighted by molar-refractivity contribution is 9.10. The van der Waals surface area contributed by atoms with Gasteiger partial charge in [-0.1, -0.05) is 0 Å². The Hall–Kier alpha value is -1.70. The van der Waals surface area contributed by atoms with E-state index in [1.165, 1.54) is 19.3 Å². The number of halogens is 1. The molecule has 1 rings (SSSR count). The monoisotopic (exact) mass is 302 g/mol. The fraction of sp³-hybridized carbons (Fsp3) is 0.333. The van der Waals surface area contributed by atoms with E-state index < -0.39 is 4.92 Å². The van der Waals surface area contributed by atoms with Gasteiger partial charge in [0, 0.05) is 36.7 Å². The molecule has 0 aliphatic rings. The Morgan fingerprint density at radius 3 is 2.94 bits per heavy atom. The van der Waals surface area contributed by atoms with Crippen molar-refractivity contribution in [1.82, 2.24) is 10.3 Å². The topological polar surface area (TPSA) is 97.2 Å². The lowest BCUT2D eigenvalue weighted by molar-refractivity contribution is -0.384. The van der Waals surface area contributed by atoms with Gasteiger partial charge in [0.05, 0.1) is 4.92 Å². The van der Waals surface area contributed by atoms with Crippen molar-refractivity contribution in [2.75, 3.05) is 18.9 Å². The van der Waals surface area contributed by atoms with E-state index in [1.807, 2.05) is 0 Å². The minimum atomic E-state index is -0.528. The van der Waals surface area contributed by atoms with Gasteiger partial charge >= 0.3 is 5.69 Å². The fourth-order valence-electron chi connectivity index (χ4n) is 1.12. The summed E-state index contributed by atoms with van der Waals surface area (Å²) in [6, 6.07) is 1.36. The summed E-state index contributed by atoms with van der Waals surface area (Å²) in [6.45, 7) is 0.287. The average Bonchev–Trinajstić information content (AvgIpc) is 2.30. The molecule has 0 aliphatic carbocycles. The molecule has 7 nitrogen and oxygen atoms in total. The summed E-state index contributed by atoms with van der Waals surface area (Å²) in [5, 5.41) is 16.0. The van der Waals surface area contributed by atoms with Crippen molar-refractivity contribution in [2.24, 2.45) is 0 Å². The molecule has 1 aromatic heterocycles. The molecular weight excluding hydrogens is 292 g/mol. The van der Waals surface area contributed by atoms with Crippen molar-refractivity contribution >= 4 is 33.3 Å². The second-order valence-corrected chi connectivity index (χ2v) is 4.04. The average molecular weight is 303 g/mol. The van der Waals surface area contributed by atoms with Gasteiger partial charge in [0.2, 0.25) is 11.7 Å². The normalized spacial score (nSPS) is 9.76. The van der Waals surface area contributed by atoms with Gasteiger partial charge in [0.25, 0.3) is 0 Å². The second kappa shape index (κ2) is 6.14. The standard InChI is InChI=1S/C9H11BrN4O3/c1-11-8(15)2-3-12-9-7(14(16)17)4-6(10)5-13-9/h4-5H,2-3H2,1H3,(H,11,15)(H,12,13). The summed E-state index contributed by atoms with van der Waals surface area (Å²) in [5.41, 5.74) is -0.128. The van der Waals surface area contributed by atoms with Gasteiger partial charge in [-0.05, 0) is 15.9 Å². The van der Waals surface area contributed by atoms with Crippen LogP contribution in [0.25, 0.3) is 0 Å². The lowest BCUT2D eigenvalue weighted by Crippen LogP contribution is -2.21. The first-order valence-electron chi connectivity index (χ1n) is 4.79. The van der Waals surface area contributed by atoms with Gasteiger partial charge in [-0.25, -0.2) is 4.98 Å². The van der Waals surface area contributed by atoms with E-state index in [-0.39, 0.29) is 30.4 Å². The molecule has 1 aromatic rings. The second-order valence-electron chi connectivity index (χ2n) is 3.13. The van der Waals surface area contributed by atoms with Gasteiger partial charge in [-0.2, -0.15) is 0 Å². The fourth-order valence-corrected chi connectivity index (χ4v) is 1.44. The smallest absolute Gasteiger partial charge is 0.312 e. The molecule has 0 aliphatic heterocycles. The third-order valence-electron chi connectivity index (χ3n) is 1.95. The Kier molecular flexibility index (Phi) is 4.83. The summed E-state index contributed by atoms with van der Waals surface area (Å²) in [6.07, 6.45) is 1.68. The Morgan fingerprint density at radius 1 is 1.65 bits per heavy atom. The molecule has 0 saturated heterocycles. The number of hydrogen-bond acceptors (Lipinski definition) is 5. The molecule has 0 atom stereocenters. The number of amides is 1. The molecule has 8 heteroatoms. The molecule has 0 unspecified atom stereocenters. The van der Waals surface area contributed by atoms with E-state index >= 15 is 0 Å². The van der Waals surface area contributed by atoms with Gasteiger partial charge in [-0.15, -0.1) is 0 Å². The molecule has 0 spiro atoms. The number of nitrogens with zero attached hydrogens (tertiary/aromatic N) is 2. The largest absolute Gasteiger partial charge is 0.364 e. The van der Waals surface area contributed by atoms with Crippen LogP contribution < -0.4 is 10.6 Å². The van der Waals surface area contributed by atoms with Crippen LogP contribution in [0.4, 0.5) is 11.5 Å². The number of nitrogens with one attached hydrogen (secondary N) is 2. The number of aromatic nitrogens is 1. The maximum absolute atomic E-state index is 11.0. The van der Waals surface area contributed by atoms with Crippen LogP contribution in [0.1, 0.15) is 6.42 Å². The third kappa shape index (κ3) is 3.99. The van der Waals surface area contributed by atoms with Crippen LogP contribution in [0.3, 0.4) is 0 Å². The minimum Gasteiger partial charge on any atom is -0.364 e. The number of carbonyl (C=O) groups excluding carboxylic acids is 1. The molecule has 0 radical (unpaired) electrons. The lowest BCUT2D eigenvalue weighted by Gasteiger charge is -2.05. The van der Waals surface area contributed by atoms with Crippen LogP contribution in [0, 0.1) is 10.1 Å². The van der Waals surface area contributed by atoms with E-state index in [4.69, 9.17) is 0 Å². The number of pyridine rings is 1. The zero-order chi connectivity index (χ0) is 12.8. The van der Waals surface area contributed by atoms with Crippen molar-refractivity contribution in [3.8, 4) is 0 Å². The predicted octanol–water partition coefficient (Wildman–Crippen LogP) is 1.30. The first-order valence-corrected chi connectivity index (χ1v) is 5.58. The minimum absolute atomic E-state index is 0.128. The van der Waals surface area contributed by atoms with Crippen molar-refractivity contribution in [3.63, 3.8) is 0 Å². The van der Waals surface area contributed by atoms with Crippen LogP contribution in [0.5, 0.6) is 0 Å². The Labute approximate surface area is 106 Å². The number of anilines is 1. The zero-order valence-electron chi connectivity index (χ0n) is 9.07. The Bertz CT molecular complexity index is 438. The van der Waals surface area contributed by atoms with Crippen LogP contribution in [0.15, 0.2) is 16.7 Å². The Morgan fingerprint density at radius 2 is 2.35 bits per heavy atom. The SMILES string of the molecule is CNC(=O)CCNc1ncc(Br)cc1[N+](=O)[O-]. The first kappa shape index (κ1) is 13.4. The molecule has 1 heterocycles. The quantitative estimate of drug-likeness (QED) is 0.631. The lowest BCUT2D eigenvalue weighted by atomic mass is 10.3. The highest BCUT2D eigenvalue weighted by atomic mass is 79.9. The number of hydrogen-bond donors (Lipinski definition) is 2. The molecule has 1 amide bonds.